The number of benzene rings is 1. The van der Waals surface area contributed by atoms with Crippen LogP contribution in [-0.2, 0) is 14.8 Å². The number of rotatable bonds is 6. The maximum atomic E-state index is 12.1. The largest absolute Gasteiger partial charge is 0.327 e. The molecule has 7 heteroatoms. The minimum Gasteiger partial charge on any atom is -0.327 e. The highest BCUT2D eigenvalue weighted by Gasteiger charge is 2.43. The molecule has 1 aromatic carbocycles. The Morgan fingerprint density at radius 2 is 2.00 bits per heavy atom. The second-order valence-corrected chi connectivity index (χ2v) is 7.18. The molecule has 1 aliphatic rings. The van der Waals surface area contributed by atoms with Crippen LogP contribution in [-0.4, -0.2) is 38.4 Å². The lowest BCUT2D eigenvalue weighted by Crippen LogP contribution is -2.53. The van der Waals surface area contributed by atoms with Crippen molar-refractivity contribution >= 4 is 15.9 Å². The van der Waals surface area contributed by atoms with Gasteiger partial charge in [-0.3, -0.25) is 4.79 Å². The summed E-state index contributed by atoms with van der Waals surface area (Å²) in [5, 5.41) is 9.20. The number of amides is 1. The van der Waals surface area contributed by atoms with Crippen molar-refractivity contribution < 1.29 is 13.2 Å². The van der Waals surface area contributed by atoms with Crippen molar-refractivity contribution in [2.24, 2.45) is 0 Å². The van der Waals surface area contributed by atoms with Gasteiger partial charge in [-0.15, -0.1) is 0 Å². The SMILES string of the molecule is CN(C(=O)CCNS(=O)(=O)c1ccccc1)C1(C#N)CCC1. The Hall–Kier alpha value is -1.91. The Bertz CT molecular complexity index is 676. The third kappa shape index (κ3) is 3.29. The minimum absolute atomic E-state index is 0.0158. The molecular formula is C15H19N3O3S. The number of nitrogens with one attached hydrogen (secondary N) is 1. The summed E-state index contributed by atoms with van der Waals surface area (Å²) < 4.78 is 26.4. The van der Waals surface area contributed by atoms with Crippen molar-refractivity contribution in [3.05, 3.63) is 30.3 Å². The molecule has 1 fully saturated rings. The van der Waals surface area contributed by atoms with E-state index >= 15 is 0 Å². The number of nitriles is 1. The summed E-state index contributed by atoms with van der Waals surface area (Å²) in [5.41, 5.74) is -0.699. The van der Waals surface area contributed by atoms with Crippen molar-refractivity contribution in [2.45, 2.75) is 36.1 Å². The molecule has 0 saturated heterocycles. The molecule has 0 atom stereocenters. The van der Waals surface area contributed by atoms with E-state index < -0.39 is 15.6 Å². The number of hydrogen-bond donors (Lipinski definition) is 1. The molecule has 0 unspecified atom stereocenters. The summed E-state index contributed by atoms with van der Waals surface area (Å²) in [5.74, 6) is -0.225. The number of carbonyl (C=O) groups is 1. The van der Waals surface area contributed by atoms with Gasteiger partial charge in [0.1, 0.15) is 5.54 Å². The van der Waals surface area contributed by atoms with E-state index in [9.17, 15) is 18.5 Å². The summed E-state index contributed by atoms with van der Waals surface area (Å²) in [6.07, 6.45) is 2.33. The number of nitrogens with zero attached hydrogens (tertiary/aromatic N) is 2. The first-order chi connectivity index (χ1) is 10.4. The molecule has 1 aliphatic carbocycles. The van der Waals surface area contributed by atoms with Crippen LogP contribution >= 0.6 is 0 Å². The van der Waals surface area contributed by atoms with Crippen LogP contribution in [0.1, 0.15) is 25.7 Å². The smallest absolute Gasteiger partial charge is 0.240 e. The molecule has 0 bridgehead atoms. The zero-order chi connectivity index (χ0) is 16.2. The van der Waals surface area contributed by atoms with Gasteiger partial charge in [-0.1, -0.05) is 18.2 Å². The van der Waals surface area contributed by atoms with Crippen LogP contribution in [0, 0.1) is 11.3 Å². The zero-order valence-corrected chi connectivity index (χ0v) is 13.3. The molecule has 1 amide bonds. The molecule has 1 aromatic rings. The van der Waals surface area contributed by atoms with Gasteiger partial charge < -0.3 is 4.90 Å². The second kappa shape index (κ2) is 6.46. The molecule has 1 saturated carbocycles. The third-order valence-electron chi connectivity index (χ3n) is 4.09. The highest BCUT2D eigenvalue weighted by atomic mass is 32.2. The Morgan fingerprint density at radius 1 is 1.36 bits per heavy atom. The Morgan fingerprint density at radius 3 is 2.50 bits per heavy atom. The lowest BCUT2D eigenvalue weighted by Gasteiger charge is -2.43. The van der Waals surface area contributed by atoms with Crippen LogP contribution in [0.25, 0.3) is 0 Å². The van der Waals surface area contributed by atoms with Gasteiger partial charge in [0, 0.05) is 20.0 Å². The van der Waals surface area contributed by atoms with Gasteiger partial charge in [0.15, 0.2) is 0 Å². The normalized spacial score (nSPS) is 16.4. The number of carbonyl (C=O) groups excluding carboxylic acids is 1. The van der Waals surface area contributed by atoms with E-state index in [0.29, 0.717) is 12.8 Å². The van der Waals surface area contributed by atoms with Crippen molar-refractivity contribution in [2.75, 3.05) is 13.6 Å². The summed E-state index contributed by atoms with van der Waals surface area (Å²) in [6, 6.07) is 10.2. The minimum atomic E-state index is -3.60. The van der Waals surface area contributed by atoms with E-state index in [1.54, 1.807) is 25.2 Å². The highest BCUT2D eigenvalue weighted by molar-refractivity contribution is 7.89. The Kier molecular flexibility index (Phi) is 4.84. The average Bonchev–Trinajstić information content (AvgIpc) is 2.47. The van der Waals surface area contributed by atoms with Crippen LogP contribution in [0.2, 0.25) is 0 Å². The van der Waals surface area contributed by atoms with Gasteiger partial charge in [-0.25, -0.2) is 13.1 Å². The van der Waals surface area contributed by atoms with Gasteiger partial charge in [-0.2, -0.15) is 5.26 Å². The van der Waals surface area contributed by atoms with Crippen molar-refractivity contribution in [1.29, 1.82) is 5.26 Å². The monoisotopic (exact) mass is 321 g/mol. The van der Waals surface area contributed by atoms with Crippen molar-refractivity contribution in [1.82, 2.24) is 9.62 Å². The molecular weight excluding hydrogens is 302 g/mol. The van der Waals surface area contributed by atoms with E-state index in [4.69, 9.17) is 0 Å². The Balaban J connectivity index is 1.89. The van der Waals surface area contributed by atoms with E-state index in [1.807, 2.05) is 0 Å². The molecule has 1 N–H and O–H groups in total. The van der Waals surface area contributed by atoms with Crippen LogP contribution in [0.4, 0.5) is 0 Å². The van der Waals surface area contributed by atoms with Crippen LogP contribution in [0.3, 0.4) is 0 Å². The molecule has 2 rings (SSSR count). The number of sulfonamides is 1. The standard InChI is InChI=1S/C15H19N3O3S/c1-18(15(12-16)9-5-10-15)14(19)8-11-17-22(20,21)13-6-3-2-4-7-13/h2-4,6-7,17H,5,8-11H2,1H3. The van der Waals surface area contributed by atoms with Gasteiger partial charge >= 0.3 is 0 Å². The first-order valence-corrected chi connectivity index (χ1v) is 8.62. The van der Waals surface area contributed by atoms with Crippen molar-refractivity contribution in [3.63, 3.8) is 0 Å². The van der Waals surface area contributed by atoms with E-state index in [-0.39, 0.29) is 23.8 Å². The predicted octanol–water partition coefficient (Wildman–Crippen LogP) is 1.26. The fourth-order valence-electron chi connectivity index (χ4n) is 2.42. The molecule has 0 aliphatic heterocycles. The first-order valence-electron chi connectivity index (χ1n) is 7.14. The fraction of sp³-hybridized carbons (Fsp3) is 0.467. The summed E-state index contributed by atoms with van der Waals surface area (Å²) in [6.45, 7) is 0.0158. The van der Waals surface area contributed by atoms with Crippen LogP contribution in [0.5, 0.6) is 0 Å². The fourth-order valence-corrected chi connectivity index (χ4v) is 3.47. The predicted molar refractivity (Wildman–Crippen MR) is 81.2 cm³/mol. The second-order valence-electron chi connectivity index (χ2n) is 5.41. The van der Waals surface area contributed by atoms with Crippen LogP contribution < -0.4 is 4.72 Å². The van der Waals surface area contributed by atoms with Gasteiger partial charge in [0.25, 0.3) is 0 Å². The molecule has 22 heavy (non-hydrogen) atoms. The molecule has 0 aromatic heterocycles. The molecule has 6 nitrogen and oxygen atoms in total. The van der Waals surface area contributed by atoms with Gasteiger partial charge in [0.2, 0.25) is 15.9 Å². The zero-order valence-electron chi connectivity index (χ0n) is 12.4. The molecule has 118 valence electrons. The maximum Gasteiger partial charge on any atom is 0.240 e. The third-order valence-corrected chi connectivity index (χ3v) is 5.57. The quantitative estimate of drug-likeness (QED) is 0.854. The summed E-state index contributed by atoms with van der Waals surface area (Å²) in [7, 11) is -1.99. The summed E-state index contributed by atoms with van der Waals surface area (Å²) in [4.78, 5) is 13.7. The van der Waals surface area contributed by atoms with E-state index in [0.717, 1.165) is 6.42 Å². The molecule has 0 spiro atoms. The average molecular weight is 321 g/mol. The Labute approximate surface area is 130 Å². The van der Waals surface area contributed by atoms with E-state index in [2.05, 4.69) is 10.8 Å². The lowest BCUT2D eigenvalue weighted by molar-refractivity contribution is -0.136. The molecule has 0 heterocycles. The number of hydrogen-bond acceptors (Lipinski definition) is 4. The van der Waals surface area contributed by atoms with E-state index in [1.165, 1.54) is 17.0 Å². The van der Waals surface area contributed by atoms with Gasteiger partial charge in [0.05, 0.1) is 11.0 Å². The van der Waals surface area contributed by atoms with Crippen molar-refractivity contribution in [3.8, 4) is 6.07 Å². The van der Waals surface area contributed by atoms with Gasteiger partial charge in [-0.05, 0) is 31.4 Å². The molecule has 0 radical (unpaired) electrons. The topological polar surface area (TPSA) is 90.3 Å². The maximum absolute atomic E-state index is 12.1. The first kappa shape index (κ1) is 16.5. The highest BCUT2D eigenvalue weighted by Crippen LogP contribution is 2.36. The lowest BCUT2D eigenvalue weighted by atomic mass is 9.76. The summed E-state index contributed by atoms with van der Waals surface area (Å²) >= 11 is 0. The van der Waals surface area contributed by atoms with Crippen LogP contribution in [0.15, 0.2) is 35.2 Å².